The summed E-state index contributed by atoms with van der Waals surface area (Å²) in [5.41, 5.74) is -1.59. The maximum atomic E-state index is 12.8. The first-order chi connectivity index (χ1) is 9.89. The Kier molecular flexibility index (Phi) is 4.11. The molecule has 1 aromatic heterocycles. The SMILES string of the molecule is O=C(CC(=O)c1ccccc1C(F)(F)F)c1ncccn1. The highest BCUT2D eigenvalue weighted by Crippen LogP contribution is 2.32. The first-order valence-electron chi connectivity index (χ1n) is 5.89. The van der Waals surface area contributed by atoms with Crippen molar-refractivity contribution in [2.24, 2.45) is 0 Å². The van der Waals surface area contributed by atoms with Crippen LogP contribution in [0.1, 0.15) is 33.0 Å². The van der Waals surface area contributed by atoms with Gasteiger partial charge in [-0.3, -0.25) is 9.59 Å². The Morgan fingerprint density at radius 2 is 1.57 bits per heavy atom. The van der Waals surface area contributed by atoms with E-state index in [9.17, 15) is 22.8 Å². The number of carbonyl (C=O) groups is 2. The lowest BCUT2D eigenvalue weighted by atomic mass is 9.99. The lowest BCUT2D eigenvalue weighted by Crippen LogP contribution is -2.16. The van der Waals surface area contributed by atoms with Gasteiger partial charge in [0, 0.05) is 18.0 Å². The molecule has 0 aliphatic carbocycles. The molecule has 0 unspecified atom stereocenters. The highest BCUT2D eigenvalue weighted by molar-refractivity contribution is 6.12. The summed E-state index contributed by atoms with van der Waals surface area (Å²) >= 11 is 0. The third-order valence-electron chi connectivity index (χ3n) is 2.67. The minimum absolute atomic E-state index is 0.199. The summed E-state index contributed by atoms with van der Waals surface area (Å²) in [5.74, 6) is -1.84. The first kappa shape index (κ1) is 14.8. The zero-order chi connectivity index (χ0) is 15.5. The fraction of sp³-hybridized carbons (Fsp3) is 0.143. The van der Waals surface area contributed by atoms with Crippen LogP contribution in [-0.4, -0.2) is 21.5 Å². The van der Waals surface area contributed by atoms with Crippen molar-refractivity contribution in [1.29, 1.82) is 0 Å². The van der Waals surface area contributed by atoms with Crippen LogP contribution in [0.2, 0.25) is 0 Å². The number of alkyl halides is 3. The maximum Gasteiger partial charge on any atom is 0.417 e. The van der Waals surface area contributed by atoms with E-state index in [2.05, 4.69) is 9.97 Å². The van der Waals surface area contributed by atoms with Crippen molar-refractivity contribution in [3.63, 3.8) is 0 Å². The summed E-state index contributed by atoms with van der Waals surface area (Å²) < 4.78 is 38.4. The predicted molar refractivity (Wildman–Crippen MR) is 66.8 cm³/mol. The second-order valence-corrected chi connectivity index (χ2v) is 4.14. The molecule has 0 spiro atoms. The van der Waals surface area contributed by atoms with Crippen LogP contribution in [0.3, 0.4) is 0 Å². The van der Waals surface area contributed by atoms with Crippen molar-refractivity contribution in [2.75, 3.05) is 0 Å². The molecule has 0 N–H and O–H groups in total. The smallest absolute Gasteiger partial charge is 0.294 e. The van der Waals surface area contributed by atoms with Gasteiger partial charge < -0.3 is 0 Å². The summed E-state index contributed by atoms with van der Waals surface area (Å²) in [5, 5.41) is 0. The Hall–Kier alpha value is -2.57. The molecule has 2 aromatic rings. The van der Waals surface area contributed by atoms with Crippen LogP contribution in [0.4, 0.5) is 13.2 Å². The van der Waals surface area contributed by atoms with Crippen LogP contribution in [0.15, 0.2) is 42.7 Å². The number of hydrogen-bond donors (Lipinski definition) is 0. The van der Waals surface area contributed by atoms with Gasteiger partial charge in [0.15, 0.2) is 11.6 Å². The summed E-state index contributed by atoms with van der Waals surface area (Å²) in [6.45, 7) is 0. The van der Waals surface area contributed by atoms with Gasteiger partial charge in [-0.25, -0.2) is 9.97 Å². The van der Waals surface area contributed by atoms with Gasteiger partial charge in [0.1, 0.15) is 0 Å². The molecular formula is C14H9F3N2O2. The van der Waals surface area contributed by atoms with Gasteiger partial charge in [-0.15, -0.1) is 0 Å². The molecule has 0 radical (unpaired) electrons. The van der Waals surface area contributed by atoms with Crippen LogP contribution in [0, 0.1) is 0 Å². The van der Waals surface area contributed by atoms with Gasteiger partial charge in [-0.1, -0.05) is 18.2 Å². The van der Waals surface area contributed by atoms with Crippen molar-refractivity contribution in [3.05, 3.63) is 59.7 Å². The van der Waals surface area contributed by atoms with E-state index in [1.165, 1.54) is 30.6 Å². The number of ketones is 2. The minimum Gasteiger partial charge on any atom is -0.294 e. The third kappa shape index (κ3) is 3.50. The van der Waals surface area contributed by atoms with Crippen molar-refractivity contribution in [2.45, 2.75) is 12.6 Å². The molecule has 0 amide bonds. The Morgan fingerprint density at radius 3 is 2.19 bits per heavy atom. The van der Waals surface area contributed by atoms with Gasteiger partial charge in [-0.2, -0.15) is 13.2 Å². The van der Waals surface area contributed by atoms with Crippen LogP contribution in [-0.2, 0) is 6.18 Å². The average molecular weight is 294 g/mol. The lowest BCUT2D eigenvalue weighted by Gasteiger charge is -2.11. The topological polar surface area (TPSA) is 59.9 Å². The summed E-state index contributed by atoms with van der Waals surface area (Å²) in [4.78, 5) is 31.0. The number of aromatic nitrogens is 2. The number of hydrogen-bond acceptors (Lipinski definition) is 4. The normalized spacial score (nSPS) is 11.2. The van der Waals surface area contributed by atoms with Crippen molar-refractivity contribution >= 4 is 11.6 Å². The Balaban J connectivity index is 2.24. The summed E-state index contributed by atoms with van der Waals surface area (Å²) in [6.07, 6.45) is -2.74. The monoisotopic (exact) mass is 294 g/mol. The van der Waals surface area contributed by atoms with Crippen molar-refractivity contribution in [1.82, 2.24) is 9.97 Å². The molecule has 4 nitrogen and oxygen atoms in total. The van der Waals surface area contributed by atoms with E-state index >= 15 is 0 Å². The van der Waals surface area contributed by atoms with Crippen LogP contribution >= 0.6 is 0 Å². The van der Waals surface area contributed by atoms with Gasteiger partial charge in [0.25, 0.3) is 0 Å². The largest absolute Gasteiger partial charge is 0.417 e. The number of rotatable bonds is 4. The van der Waals surface area contributed by atoms with Crippen molar-refractivity contribution in [3.8, 4) is 0 Å². The van der Waals surface area contributed by atoms with E-state index in [0.29, 0.717) is 0 Å². The van der Waals surface area contributed by atoms with Gasteiger partial charge in [0.2, 0.25) is 5.78 Å². The lowest BCUT2D eigenvalue weighted by molar-refractivity contribution is -0.137. The van der Waals surface area contributed by atoms with E-state index in [0.717, 1.165) is 12.1 Å². The molecule has 21 heavy (non-hydrogen) atoms. The Morgan fingerprint density at radius 1 is 0.952 bits per heavy atom. The van der Waals surface area contributed by atoms with E-state index in [4.69, 9.17) is 0 Å². The molecule has 2 rings (SSSR count). The van der Waals surface area contributed by atoms with E-state index in [1.54, 1.807) is 0 Å². The molecule has 0 atom stereocenters. The van der Waals surface area contributed by atoms with E-state index in [-0.39, 0.29) is 5.82 Å². The number of halogens is 3. The quantitative estimate of drug-likeness (QED) is 0.642. The zero-order valence-corrected chi connectivity index (χ0v) is 10.6. The fourth-order valence-electron chi connectivity index (χ4n) is 1.74. The standard InChI is InChI=1S/C14H9F3N2O2/c15-14(16,17)10-5-2-1-4-9(10)11(20)8-12(21)13-18-6-3-7-19-13/h1-7H,8H2. The molecule has 0 bridgehead atoms. The molecule has 0 saturated carbocycles. The van der Waals surface area contributed by atoms with Crippen LogP contribution in [0.5, 0.6) is 0 Å². The Bertz CT molecular complexity index is 669. The second kappa shape index (κ2) is 5.82. The molecule has 108 valence electrons. The van der Waals surface area contributed by atoms with E-state index < -0.39 is 35.3 Å². The van der Waals surface area contributed by atoms with Gasteiger partial charge >= 0.3 is 6.18 Å². The third-order valence-corrected chi connectivity index (χ3v) is 2.67. The number of Topliss-reactive ketones (excluding diaryl/α,β-unsaturated/α-hetero) is 2. The molecule has 1 heterocycles. The summed E-state index contributed by atoms with van der Waals surface area (Å²) in [7, 11) is 0. The number of benzene rings is 1. The molecule has 0 saturated heterocycles. The molecule has 0 aliphatic heterocycles. The first-order valence-corrected chi connectivity index (χ1v) is 5.89. The van der Waals surface area contributed by atoms with Crippen LogP contribution in [0.25, 0.3) is 0 Å². The van der Waals surface area contributed by atoms with Crippen LogP contribution < -0.4 is 0 Å². The molecule has 1 aromatic carbocycles. The second-order valence-electron chi connectivity index (χ2n) is 4.14. The van der Waals surface area contributed by atoms with Crippen molar-refractivity contribution < 1.29 is 22.8 Å². The molecule has 0 aliphatic rings. The highest BCUT2D eigenvalue weighted by Gasteiger charge is 2.35. The predicted octanol–water partition coefficient (Wildman–Crippen LogP) is 2.95. The zero-order valence-electron chi connectivity index (χ0n) is 10.6. The van der Waals surface area contributed by atoms with Gasteiger partial charge in [0.05, 0.1) is 12.0 Å². The molecule has 0 fully saturated rings. The molecular weight excluding hydrogens is 285 g/mol. The van der Waals surface area contributed by atoms with E-state index in [1.807, 2.05) is 0 Å². The van der Waals surface area contributed by atoms with Gasteiger partial charge in [-0.05, 0) is 12.1 Å². The maximum absolute atomic E-state index is 12.8. The minimum atomic E-state index is -4.65. The Labute approximate surface area is 117 Å². The number of carbonyl (C=O) groups excluding carboxylic acids is 2. The number of nitrogens with zero attached hydrogens (tertiary/aromatic N) is 2. The highest BCUT2D eigenvalue weighted by atomic mass is 19.4. The summed E-state index contributed by atoms with van der Waals surface area (Å²) in [6, 6.07) is 5.83. The fourth-order valence-corrected chi connectivity index (χ4v) is 1.74. The molecule has 7 heteroatoms. The average Bonchev–Trinajstić information content (AvgIpc) is 2.47.